The minimum absolute atomic E-state index is 0.617. The molecule has 0 saturated heterocycles. The zero-order valence-electron chi connectivity index (χ0n) is 81.2. The van der Waals surface area contributed by atoms with Crippen LogP contribution >= 0.6 is 0 Å². The molecule has 0 unspecified atom stereocenters. The number of pyridine rings is 6. The molecular formula is C141H93N7O. The summed E-state index contributed by atoms with van der Waals surface area (Å²) in [6.07, 6.45) is 1.97. The molecule has 0 spiro atoms. The highest BCUT2D eigenvalue weighted by Gasteiger charge is 2.21. The normalized spacial score (nSPS) is 11.2. The number of rotatable bonds is 18. The summed E-state index contributed by atoms with van der Waals surface area (Å²) < 4.78 is 6.08. The topological polar surface area (TPSA) is 103 Å². The summed E-state index contributed by atoms with van der Waals surface area (Å²) >= 11 is 0. The number of hydrogen-bond donors (Lipinski definition) is 0. The standard InChI is InChI=1S/C48H32N2.C47H31N3.C46H30N2O/c1-3-12-33(13-4-1)36-17-9-19-38(28-36)39-25-27-47-44(31-39)43(32-48(50-47)42-22-10-18-37(29-42)34-14-5-2-6-15-34)40-20-11-21-41(30-40)46-26-24-35-16-7-8-23-45(35)49-46;1-3-11-32(12-4-1)35-16-9-18-37(27-35)38-22-24-44-42(29-38)41(30-47(50-44)39-19-10-17-36(28-39)33-13-5-2-6-14-33)40-23-25-45(48-31-40)46-26-21-34-15-7-8-20-43(34)49-46;1-3-11-31(12-4-1)35-15-9-17-37(27-35)38-25-26-42-41(29-38)40(30-44(47-42)39-18-10-16-36(28-39)32-13-5-2-6-14-32)33-21-23-34(24-22-33)46-48-43-19-7-8-20-45(43)49-46/h1-32H;1-31H;1-30H. The van der Waals surface area contributed by atoms with Gasteiger partial charge < -0.3 is 4.42 Å². The second kappa shape index (κ2) is 40.8. The fourth-order valence-corrected chi connectivity index (χ4v) is 20.1. The van der Waals surface area contributed by atoms with E-state index in [9.17, 15) is 0 Å². The minimum atomic E-state index is 0.617. The zero-order valence-corrected chi connectivity index (χ0v) is 81.2. The van der Waals surface area contributed by atoms with Crippen molar-refractivity contribution in [3.05, 3.63) is 564 Å². The lowest BCUT2D eigenvalue weighted by Crippen LogP contribution is -1.93. The second-order valence-corrected chi connectivity index (χ2v) is 37.4. The van der Waals surface area contributed by atoms with Crippen molar-refractivity contribution in [3.63, 3.8) is 0 Å². The molecule has 149 heavy (non-hydrogen) atoms. The molecule has 0 N–H and O–H groups in total. The van der Waals surface area contributed by atoms with Gasteiger partial charge in [-0.2, -0.15) is 0 Å². The van der Waals surface area contributed by atoms with Gasteiger partial charge in [0.1, 0.15) is 5.52 Å². The Morgan fingerprint density at radius 2 is 0.383 bits per heavy atom. The largest absolute Gasteiger partial charge is 0.436 e. The molecule has 27 aromatic rings. The summed E-state index contributed by atoms with van der Waals surface area (Å²) in [4.78, 5) is 35.3. The molecule has 20 aromatic carbocycles. The van der Waals surface area contributed by atoms with Crippen molar-refractivity contribution < 1.29 is 4.42 Å². The van der Waals surface area contributed by atoms with Crippen LogP contribution in [0.4, 0.5) is 0 Å². The van der Waals surface area contributed by atoms with Crippen LogP contribution in [0.1, 0.15) is 0 Å². The van der Waals surface area contributed by atoms with Crippen LogP contribution in [0, 0.1) is 0 Å². The Balaban J connectivity index is 0.000000116. The van der Waals surface area contributed by atoms with Crippen LogP contribution in [0.5, 0.6) is 0 Å². The van der Waals surface area contributed by atoms with E-state index in [0.717, 1.165) is 194 Å². The van der Waals surface area contributed by atoms with Crippen LogP contribution in [0.25, 0.3) is 267 Å². The molecule has 8 nitrogen and oxygen atoms in total. The molecule has 0 fully saturated rings. The van der Waals surface area contributed by atoms with Gasteiger partial charge in [-0.25, -0.2) is 29.9 Å². The van der Waals surface area contributed by atoms with Crippen LogP contribution < -0.4 is 0 Å². The molecule has 0 amide bonds. The van der Waals surface area contributed by atoms with Gasteiger partial charge in [-0.05, 0) is 280 Å². The Bertz CT molecular complexity index is 9590. The maximum Gasteiger partial charge on any atom is 0.227 e. The summed E-state index contributed by atoms with van der Waals surface area (Å²) in [6, 6.07) is 196. The van der Waals surface area contributed by atoms with Crippen molar-refractivity contribution in [1.82, 2.24) is 34.9 Å². The van der Waals surface area contributed by atoms with Crippen molar-refractivity contribution in [2.45, 2.75) is 0 Å². The molecule has 0 atom stereocenters. The number of hydrogen-bond acceptors (Lipinski definition) is 8. The van der Waals surface area contributed by atoms with Crippen molar-refractivity contribution >= 4 is 65.6 Å². The Hall–Kier alpha value is -19.9. The molecule has 7 heterocycles. The van der Waals surface area contributed by atoms with Gasteiger partial charge in [0.15, 0.2) is 5.58 Å². The highest BCUT2D eigenvalue weighted by atomic mass is 16.3. The number of oxazole rings is 1. The maximum atomic E-state index is 6.08. The predicted molar refractivity (Wildman–Crippen MR) is 619 cm³/mol. The van der Waals surface area contributed by atoms with E-state index in [4.69, 9.17) is 39.3 Å². The van der Waals surface area contributed by atoms with E-state index in [2.05, 4.69) is 491 Å². The fourth-order valence-electron chi connectivity index (χ4n) is 20.1. The first kappa shape index (κ1) is 90.4. The van der Waals surface area contributed by atoms with Gasteiger partial charge in [-0.1, -0.05) is 406 Å². The van der Waals surface area contributed by atoms with Gasteiger partial charge in [0.05, 0.1) is 61.7 Å². The lowest BCUT2D eigenvalue weighted by atomic mass is 9.93. The Morgan fingerprint density at radius 1 is 0.128 bits per heavy atom. The van der Waals surface area contributed by atoms with E-state index in [-0.39, 0.29) is 0 Å². The Morgan fingerprint density at radius 3 is 0.758 bits per heavy atom. The predicted octanol–water partition coefficient (Wildman–Crippen LogP) is 37.3. The third kappa shape index (κ3) is 19.4. The van der Waals surface area contributed by atoms with E-state index >= 15 is 0 Å². The molecule has 0 bridgehead atoms. The summed E-state index contributed by atoms with van der Waals surface area (Å²) in [7, 11) is 0. The molecule has 0 saturated carbocycles. The molecule has 8 heteroatoms. The van der Waals surface area contributed by atoms with Gasteiger partial charge in [-0.15, -0.1) is 0 Å². The van der Waals surface area contributed by atoms with E-state index in [1.54, 1.807) is 0 Å². The number of benzene rings is 20. The molecule has 698 valence electrons. The quantitative estimate of drug-likeness (QED) is 0.0837. The van der Waals surface area contributed by atoms with Crippen LogP contribution in [0.2, 0.25) is 0 Å². The van der Waals surface area contributed by atoms with Crippen molar-refractivity contribution in [2.24, 2.45) is 0 Å². The summed E-state index contributed by atoms with van der Waals surface area (Å²) in [6.45, 7) is 0. The first-order valence-corrected chi connectivity index (χ1v) is 50.3. The smallest absolute Gasteiger partial charge is 0.227 e. The average Bonchev–Trinajstić information content (AvgIpc) is 0.859. The molecule has 0 radical (unpaired) electrons. The third-order valence-electron chi connectivity index (χ3n) is 27.9. The van der Waals surface area contributed by atoms with E-state index < -0.39 is 0 Å². The van der Waals surface area contributed by atoms with Gasteiger partial charge in [0.25, 0.3) is 0 Å². The molecule has 27 rings (SSSR count). The lowest BCUT2D eigenvalue weighted by Gasteiger charge is -2.14. The number of aromatic nitrogens is 7. The van der Waals surface area contributed by atoms with Crippen LogP contribution in [-0.2, 0) is 0 Å². The lowest BCUT2D eigenvalue weighted by molar-refractivity contribution is 0.620. The minimum Gasteiger partial charge on any atom is -0.436 e. The second-order valence-electron chi connectivity index (χ2n) is 37.4. The van der Waals surface area contributed by atoms with Crippen LogP contribution in [0.15, 0.2) is 569 Å². The zero-order chi connectivity index (χ0) is 99.1. The third-order valence-corrected chi connectivity index (χ3v) is 27.9. The highest BCUT2D eigenvalue weighted by molar-refractivity contribution is 6.04. The first-order valence-electron chi connectivity index (χ1n) is 50.3. The first-order chi connectivity index (χ1) is 73.7. The van der Waals surface area contributed by atoms with Crippen LogP contribution in [-0.4, -0.2) is 34.9 Å². The molecule has 0 aliphatic heterocycles. The Kier molecular flexibility index (Phi) is 24.8. The number of para-hydroxylation sites is 4. The van der Waals surface area contributed by atoms with Gasteiger partial charge in [-0.3, -0.25) is 4.98 Å². The SMILES string of the molecule is c1ccc(-c2cccc(-c3ccc4nc(-c5cccc(-c6ccccc6)c5)cc(-c5ccc(-c6ccc7ccccc7n6)nc5)c4c3)c2)cc1.c1ccc(-c2cccc(-c3ccc4nc(-c5cccc(-c6ccccc6)c5)cc(-c5ccc(-c6nc7ccccc7o6)cc5)c4c3)c2)cc1.c1ccc(-c2cccc(-c3ccc4nc(-c5cccc(-c6ccccc6)c5)cc(-c5cccc(-c6ccc7ccccc7n6)c5)c4c3)c2)cc1. The maximum absolute atomic E-state index is 6.08. The summed E-state index contributed by atoms with van der Waals surface area (Å²) in [5.41, 5.74) is 44.9. The fraction of sp³-hybridized carbons (Fsp3) is 0. The van der Waals surface area contributed by atoms with Crippen molar-refractivity contribution in [3.8, 4) is 201 Å². The van der Waals surface area contributed by atoms with Gasteiger partial charge in [0.2, 0.25) is 5.89 Å². The number of fused-ring (bicyclic) bond motifs is 6. The Labute approximate surface area is 864 Å². The van der Waals surface area contributed by atoms with E-state index in [1.807, 2.05) is 72.9 Å². The number of nitrogens with zero attached hydrogens (tertiary/aromatic N) is 7. The summed E-state index contributed by atoms with van der Waals surface area (Å²) in [5.74, 6) is 0.617. The van der Waals surface area contributed by atoms with Crippen molar-refractivity contribution in [2.75, 3.05) is 0 Å². The highest BCUT2D eigenvalue weighted by Crippen LogP contribution is 2.44. The molecule has 0 aliphatic rings. The van der Waals surface area contributed by atoms with Crippen LogP contribution in [0.3, 0.4) is 0 Å². The van der Waals surface area contributed by atoms with E-state index in [1.165, 1.54) is 66.8 Å². The monoisotopic (exact) mass is 1900 g/mol. The summed E-state index contributed by atoms with van der Waals surface area (Å²) in [5, 5.41) is 5.54. The molecule has 0 aliphatic carbocycles. The van der Waals surface area contributed by atoms with Crippen molar-refractivity contribution in [1.29, 1.82) is 0 Å². The van der Waals surface area contributed by atoms with E-state index in [0.29, 0.717) is 5.89 Å². The van der Waals surface area contributed by atoms with Gasteiger partial charge >= 0.3 is 0 Å². The molecular weight excluding hydrogens is 1810 g/mol. The average molecular weight is 1900 g/mol. The molecule has 7 aromatic heterocycles. The van der Waals surface area contributed by atoms with Gasteiger partial charge in [0, 0.05) is 66.5 Å².